The molecule has 0 atom stereocenters. The van der Waals surface area contributed by atoms with Gasteiger partial charge in [-0.15, -0.1) is 0 Å². The summed E-state index contributed by atoms with van der Waals surface area (Å²) in [6.07, 6.45) is 0. The van der Waals surface area contributed by atoms with Gasteiger partial charge in [0.15, 0.2) is 0 Å². The van der Waals surface area contributed by atoms with Crippen LogP contribution < -0.4 is 0 Å². The normalized spacial score (nSPS) is 9.27. The van der Waals surface area contributed by atoms with Crippen LogP contribution in [-0.4, -0.2) is 0 Å². The van der Waals surface area contributed by atoms with Crippen molar-refractivity contribution in [1.82, 2.24) is 0 Å². The van der Waals surface area contributed by atoms with Crippen molar-refractivity contribution in [2.24, 2.45) is 0 Å². The van der Waals surface area contributed by atoms with Crippen molar-refractivity contribution in [3.8, 4) is 6.07 Å². The van der Waals surface area contributed by atoms with Crippen molar-refractivity contribution >= 4 is 22.6 Å². The summed E-state index contributed by atoms with van der Waals surface area (Å²) in [5.41, 5.74) is 1.22. The predicted octanol–water partition coefficient (Wildman–Crippen LogP) is 2.61. The molecule has 1 aromatic carbocycles. The molecule has 0 aromatic heterocycles. The molecule has 0 saturated carbocycles. The average Bonchev–Trinajstić information content (AvgIpc) is 1.97. The maximum absolute atomic E-state index is 12.8. The van der Waals surface area contributed by atoms with E-state index < -0.39 is 0 Å². The van der Waals surface area contributed by atoms with E-state index in [1.807, 2.05) is 28.7 Å². The Balaban J connectivity index is 3.35. The van der Waals surface area contributed by atoms with E-state index in [-0.39, 0.29) is 5.82 Å². The summed E-state index contributed by atoms with van der Waals surface area (Å²) in [7, 11) is 0. The average molecular weight is 261 g/mol. The van der Waals surface area contributed by atoms with Crippen LogP contribution in [0.1, 0.15) is 11.1 Å². The summed E-state index contributed by atoms with van der Waals surface area (Å²) in [6.45, 7) is 1.79. The van der Waals surface area contributed by atoms with Crippen molar-refractivity contribution in [1.29, 1.82) is 5.26 Å². The second kappa shape index (κ2) is 3.18. The molecular weight excluding hydrogens is 256 g/mol. The highest BCUT2D eigenvalue weighted by Crippen LogP contribution is 2.15. The van der Waals surface area contributed by atoms with Crippen molar-refractivity contribution in [2.45, 2.75) is 6.92 Å². The minimum Gasteiger partial charge on any atom is -0.206 e. The molecule has 11 heavy (non-hydrogen) atoms. The van der Waals surface area contributed by atoms with E-state index in [2.05, 4.69) is 0 Å². The Morgan fingerprint density at radius 2 is 2.18 bits per heavy atom. The molecule has 0 unspecified atom stereocenters. The third-order valence-corrected chi connectivity index (χ3v) is 2.21. The number of hydrogen-bond acceptors (Lipinski definition) is 1. The van der Waals surface area contributed by atoms with E-state index in [0.29, 0.717) is 9.13 Å². The zero-order valence-corrected chi connectivity index (χ0v) is 8.02. The number of aryl methyl sites for hydroxylation is 1. The van der Waals surface area contributed by atoms with Crippen LogP contribution in [-0.2, 0) is 0 Å². The van der Waals surface area contributed by atoms with Crippen LogP contribution in [0.2, 0.25) is 0 Å². The van der Waals surface area contributed by atoms with Gasteiger partial charge in [-0.1, -0.05) is 0 Å². The van der Waals surface area contributed by atoms with Gasteiger partial charge in [-0.05, 0) is 47.2 Å². The highest BCUT2D eigenvalue weighted by molar-refractivity contribution is 14.1. The zero-order chi connectivity index (χ0) is 8.43. The molecule has 0 aliphatic heterocycles. The fraction of sp³-hybridized carbons (Fsp3) is 0.125. The van der Waals surface area contributed by atoms with Crippen LogP contribution in [0.15, 0.2) is 12.1 Å². The largest absolute Gasteiger partial charge is 0.206 e. The number of rotatable bonds is 0. The number of nitriles is 1. The minimum atomic E-state index is -0.326. The third kappa shape index (κ3) is 1.69. The van der Waals surface area contributed by atoms with Gasteiger partial charge < -0.3 is 0 Å². The molecule has 3 heteroatoms. The molecule has 0 fully saturated rings. The van der Waals surface area contributed by atoms with Crippen LogP contribution in [0.25, 0.3) is 0 Å². The molecule has 0 bridgehead atoms. The van der Waals surface area contributed by atoms with E-state index >= 15 is 0 Å². The van der Waals surface area contributed by atoms with E-state index in [1.54, 1.807) is 13.0 Å². The molecule has 1 nitrogen and oxygen atoms in total. The Hall–Kier alpha value is -0.630. The number of benzene rings is 1. The van der Waals surface area contributed by atoms with Crippen molar-refractivity contribution in [3.05, 3.63) is 32.6 Å². The van der Waals surface area contributed by atoms with Crippen molar-refractivity contribution in [3.63, 3.8) is 0 Å². The monoisotopic (exact) mass is 261 g/mol. The van der Waals surface area contributed by atoms with E-state index in [0.717, 1.165) is 5.56 Å². The number of halogens is 2. The summed E-state index contributed by atoms with van der Waals surface area (Å²) in [5, 5.41) is 8.51. The lowest BCUT2D eigenvalue weighted by molar-refractivity contribution is 0.619. The molecule has 0 aliphatic carbocycles. The van der Waals surface area contributed by atoms with Crippen molar-refractivity contribution in [2.75, 3.05) is 0 Å². The van der Waals surface area contributed by atoms with Gasteiger partial charge in [0.05, 0.1) is 11.6 Å². The first kappa shape index (κ1) is 8.47. The quantitative estimate of drug-likeness (QED) is 0.658. The summed E-state index contributed by atoms with van der Waals surface area (Å²) >= 11 is 1.90. The predicted molar refractivity (Wildman–Crippen MR) is 48.6 cm³/mol. The van der Waals surface area contributed by atoms with E-state index in [9.17, 15) is 4.39 Å². The Labute approximate surface area is 78.0 Å². The Kier molecular flexibility index (Phi) is 2.45. The third-order valence-electron chi connectivity index (χ3n) is 1.39. The van der Waals surface area contributed by atoms with Gasteiger partial charge in [0.2, 0.25) is 0 Å². The van der Waals surface area contributed by atoms with Gasteiger partial charge in [0.25, 0.3) is 0 Å². The molecule has 0 spiro atoms. The number of nitrogens with zero attached hydrogens (tertiary/aromatic N) is 1. The standard InChI is InChI=1S/C8H5FIN/c1-5-2-8(10)7(9)3-6(5)4-11/h2-3H,1H3. The van der Waals surface area contributed by atoms with E-state index in [1.165, 1.54) is 6.07 Å². The van der Waals surface area contributed by atoms with Crippen LogP contribution in [0.3, 0.4) is 0 Å². The maximum atomic E-state index is 12.8. The van der Waals surface area contributed by atoms with Crippen molar-refractivity contribution < 1.29 is 4.39 Å². The topological polar surface area (TPSA) is 23.8 Å². The molecule has 1 aromatic rings. The maximum Gasteiger partial charge on any atom is 0.137 e. The SMILES string of the molecule is Cc1cc(I)c(F)cc1C#N. The Bertz CT molecular complexity index is 328. The number of hydrogen-bond donors (Lipinski definition) is 0. The summed E-state index contributed by atoms with van der Waals surface area (Å²) in [6, 6.07) is 4.84. The lowest BCUT2D eigenvalue weighted by atomic mass is 10.1. The summed E-state index contributed by atoms with van der Waals surface area (Å²) < 4.78 is 13.3. The van der Waals surface area contributed by atoms with Gasteiger partial charge in [-0.25, -0.2) is 4.39 Å². The molecule has 0 heterocycles. The van der Waals surface area contributed by atoms with Crippen LogP contribution >= 0.6 is 22.6 Å². The zero-order valence-electron chi connectivity index (χ0n) is 5.86. The molecule has 1 rings (SSSR count). The van der Waals surface area contributed by atoms with Crippen LogP contribution in [0.4, 0.5) is 4.39 Å². The van der Waals surface area contributed by atoms with Gasteiger partial charge >= 0.3 is 0 Å². The lowest BCUT2D eigenvalue weighted by Gasteiger charge is -1.98. The highest BCUT2D eigenvalue weighted by Gasteiger charge is 2.03. The second-order valence-electron chi connectivity index (χ2n) is 2.19. The first-order valence-electron chi connectivity index (χ1n) is 3.01. The smallest absolute Gasteiger partial charge is 0.137 e. The molecule has 56 valence electrons. The van der Waals surface area contributed by atoms with Gasteiger partial charge in [0, 0.05) is 3.57 Å². The Morgan fingerprint density at radius 1 is 1.55 bits per heavy atom. The van der Waals surface area contributed by atoms with Gasteiger partial charge in [-0.3, -0.25) is 0 Å². The molecule has 0 saturated heterocycles. The first-order valence-corrected chi connectivity index (χ1v) is 4.09. The first-order chi connectivity index (χ1) is 5.15. The van der Waals surface area contributed by atoms with Gasteiger partial charge in [0.1, 0.15) is 5.82 Å². The second-order valence-corrected chi connectivity index (χ2v) is 3.36. The molecule has 0 aliphatic rings. The minimum absolute atomic E-state index is 0.326. The summed E-state index contributed by atoms with van der Waals surface area (Å²) in [4.78, 5) is 0. The Morgan fingerprint density at radius 3 is 2.73 bits per heavy atom. The highest BCUT2D eigenvalue weighted by atomic mass is 127. The van der Waals surface area contributed by atoms with Gasteiger partial charge in [-0.2, -0.15) is 5.26 Å². The lowest BCUT2D eigenvalue weighted by Crippen LogP contribution is -1.88. The molecule has 0 N–H and O–H groups in total. The fourth-order valence-electron chi connectivity index (χ4n) is 0.767. The molecular formula is C8H5FIN. The van der Waals surface area contributed by atoms with Crippen LogP contribution in [0.5, 0.6) is 0 Å². The van der Waals surface area contributed by atoms with E-state index in [4.69, 9.17) is 5.26 Å². The molecule has 0 amide bonds. The fourth-order valence-corrected chi connectivity index (χ4v) is 1.39. The summed E-state index contributed by atoms with van der Waals surface area (Å²) in [5.74, 6) is -0.326. The van der Waals surface area contributed by atoms with Crippen LogP contribution in [0, 0.1) is 27.6 Å². The molecule has 0 radical (unpaired) electrons.